The summed E-state index contributed by atoms with van der Waals surface area (Å²) < 4.78 is 20.5. The minimum atomic E-state index is -0.750. The number of nitrogens with one attached hydrogen (secondary N) is 2. The Morgan fingerprint density at radius 3 is 2.04 bits per heavy atom. The largest absolute Gasteiger partial charge is 0.493 e. The molecule has 0 fully saturated rings. The van der Waals surface area contributed by atoms with Crippen molar-refractivity contribution in [3.8, 4) is 17.2 Å². The van der Waals surface area contributed by atoms with Gasteiger partial charge in [0.1, 0.15) is 0 Å². The van der Waals surface area contributed by atoms with E-state index < -0.39 is 30.1 Å². The Balaban J connectivity index is 2.65. The van der Waals surface area contributed by atoms with Gasteiger partial charge in [-0.3, -0.25) is 10.1 Å². The number of carbonyl (C=O) groups excluding carboxylic acids is 3. The first kappa shape index (κ1) is 22.8. The summed E-state index contributed by atoms with van der Waals surface area (Å²) in [4.78, 5) is 35.0. The van der Waals surface area contributed by atoms with E-state index in [0.717, 1.165) is 6.08 Å². The van der Waals surface area contributed by atoms with Crippen molar-refractivity contribution in [1.29, 1.82) is 0 Å². The van der Waals surface area contributed by atoms with Crippen LogP contribution < -0.4 is 24.8 Å². The third-order valence-corrected chi connectivity index (χ3v) is 3.19. The first-order valence-electron chi connectivity index (χ1n) is 8.36. The molecular weight excluding hydrogens is 368 g/mol. The average Bonchev–Trinajstić information content (AvgIpc) is 2.61. The number of rotatable bonds is 7. The van der Waals surface area contributed by atoms with Crippen LogP contribution in [0.25, 0.3) is 6.08 Å². The molecule has 0 spiro atoms. The van der Waals surface area contributed by atoms with Crippen molar-refractivity contribution in [2.75, 3.05) is 27.9 Å². The maximum absolute atomic E-state index is 11.8. The molecule has 0 saturated carbocycles. The highest BCUT2D eigenvalue weighted by Gasteiger charge is 2.16. The van der Waals surface area contributed by atoms with E-state index in [-0.39, 0.29) is 0 Å². The van der Waals surface area contributed by atoms with Crippen molar-refractivity contribution in [2.24, 2.45) is 0 Å². The molecule has 1 aromatic carbocycles. The van der Waals surface area contributed by atoms with Crippen LogP contribution in [0.15, 0.2) is 18.2 Å². The van der Waals surface area contributed by atoms with Crippen LogP contribution in [-0.2, 0) is 14.3 Å². The molecule has 0 radical (unpaired) electrons. The zero-order valence-corrected chi connectivity index (χ0v) is 16.9. The van der Waals surface area contributed by atoms with Crippen molar-refractivity contribution in [1.82, 2.24) is 10.6 Å². The van der Waals surface area contributed by atoms with Gasteiger partial charge in [-0.1, -0.05) is 0 Å². The molecule has 0 aliphatic carbocycles. The van der Waals surface area contributed by atoms with Gasteiger partial charge in [0.05, 0.1) is 21.3 Å². The Bertz CT molecular complexity index is 726. The molecule has 0 saturated heterocycles. The van der Waals surface area contributed by atoms with Crippen LogP contribution in [0, 0.1) is 0 Å². The maximum atomic E-state index is 11.8. The van der Waals surface area contributed by atoms with Crippen molar-refractivity contribution in [3.63, 3.8) is 0 Å². The summed E-state index contributed by atoms with van der Waals surface area (Å²) in [7, 11) is 4.45. The number of imide groups is 1. The fraction of sp³-hybridized carbons (Fsp3) is 0.421. The first-order valence-corrected chi connectivity index (χ1v) is 8.36. The number of benzene rings is 1. The monoisotopic (exact) mass is 394 g/mol. The number of hydrogen-bond acceptors (Lipinski definition) is 7. The minimum absolute atomic E-state index is 0.426. The predicted molar refractivity (Wildman–Crippen MR) is 103 cm³/mol. The Morgan fingerprint density at radius 1 is 1.00 bits per heavy atom. The maximum Gasteiger partial charge on any atom is 0.331 e. The fourth-order valence-electron chi connectivity index (χ4n) is 2.08. The van der Waals surface area contributed by atoms with Gasteiger partial charge in [0.25, 0.3) is 5.91 Å². The van der Waals surface area contributed by atoms with E-state index in [1.807, 2.05) is 0 Å². The molecule has 0 unspecified atom stereocenters. The quantitative estimate of drug-likeness (QED) is 0.536. The Labute approximate surface area is 164 Å². The van der Waals surface area contributed by atoms with Crippen LogP contribution in [0.5, 0.6) is 17.2 Å². The molecule has 0 heterocycles. The fourth-order valence-corrected chi connectivity index (χ4v) is 2.08. The van der Waals surface area contributed by atoms with Crippen LogP contribution in [0.3, 0.4) is 0 Å². The van der Waals surface area contributed by atoms with Crippen LogP contribution in [-0.4, -0.2) is 51.4 Å². The van der Waals surface area contributed by atoms with E-state index in [2.05, 4.69) is 10.6 Å². The normalized spacial score (nSPS) is 10.9. The summed E-state index contributed by atoms with van der Waals surface area (Å²) in [5.74, 6) is -0.204. The van der Waals surface area contributed by atoms with Gasteiger partial charge in [0, 0.05) is 11.6 Å². The summed E-state index contributed by atoms with van der Waals surface area (Å²) in [6.45, 7) is 4.72. The van der Waals surface area contributed by atoms with E-state index in [1.54, 1.807) is 32.9 Å². The third kappa shape index (κ3) is 7.56. The molecule has 28 heavy (non-hydrogen) atoms. The lowest BCUT2D eigenvalue weighted by Crippen LogP contribution is -2.49. The predicted octanol–water partition coefficient (Wildman–Crippen LogP) is 1.89. The molecule has 0 bridgehead atoms. The SMILES string of the molecule is COc1cc(/C=C/C(=O)OCC(=O)NC(=O)NC(C)(C)C)cc(OC)c1OC. The molecule has 3 amide bonds. The van der Waals surface area contributed by atoms with Crippen molar-refractivity contribution in [2.45, 2.75) is 26.3 Å². The van der Waals surface area contributed by atoms with Gasteiger partial charge in [-0.15, -0.1) is 0 Å². The standard InChI is InChI=1S/C19H26N2O7/c1-19(2,3)21-18(24)20-15(22)11-28-16(23)8-7-12-9-13(25-4)17(27-6)14(10-12)26-5/h7-10H,11H2,1-6H3,(H2,20,21,22,24)/b8-7+. The molecule has 154 valence electrons. The Kier molecular flexibility index (Phi) is 8.30. The van der Waals surface area contributed by atoms with Gasteiger partial charge in [-0.05, 0) is 44.5 Å². The summed E-state index contributed by atoms with van der Waals surface area (Å²) in [5.41, 5.74) is 0.102. The van der Waals surface area contributed by atoms with Crippen molar-refractivity contribution in [3.05, 3.63) is 23.8 Å². The number of amides is 3. The van der Waals surface area contributed by atoms with Gasteiger partial charge in [-0.2, -0.15) is 0 Å². The molecule has 9 nitrogen and oxygen atoms in total. The van der Waals surface area contributed by atoms with Crippen molar-refractivity contribution < 1.29 is 33.3 Å². The lowest BCUT2D eigenvalue weighted by molar-refractivity contribution is -0.143. The summed E-state index contributed by atoms with van der Waals surface area (Å²) in [6.07, 6.45) is 2.61. The van der Waals surface area contributed by atoms with Gasteiger partial charge in [-0.25, -0.2) is 9.59 Å². The molecule has 9 heteroatoms. The third-order valence-electron chi connectivity index (χ3n) is 3.19. The number of hydrogen-bond donors (Lipinski definition) is 2. The molecule has 0 aromatic heterocycles. The number of carbonyl (C=O) groups is 3. The summed E-state index contributed by atoms with van der Waals surface area (Å²) in [6, 6.07) is 2.63. The highest BCUT2D eigenvalue weighted by atomic mass is 16.5. The molecule has 2 N–H and O–H groups in total. The smallest absolute Gasteiger partial charge is 0.331 e. The summed E-state index contributed by atoms with van der Waals surface area (Å²) >= 11 is 0. The molecule has 0 aliphatic rings. The van der Waals surface area contributed by atoms with Crippen molar-refractivity contribution >= 4 is 24.0 Å². The van der Waals surface area contributed by atoms with Crippen LogP contribution in [0.4, 0.5) is 4.79 Å². The van der Waals surface area contributed by atoms with E-state index >= 15 is 0 Å². The first-order chi connectivity index (χ1) is 13.1. The number of urea groups is 1. The van der Waals surface area contributed by atoms with Gasteiger partial charge < -0.3 is 24.3 Å². The number of methoxy groups -OCH3 is 3. The summed E-state index contributed by atoms with van der Waals surface area (Å²) in [5, 5.41) is 4.63. The van der Waals surface area contributed by atoms with E-state index in [0.29, 0.717) is 22.8 Å². The van der Waals surface area contributed by atoms with Crippen LogP contribution in [0.2, 0.25) is 0 Å². The van der Waals surface area contributed by atoms with Crippen LogP contribution in [0.1, 0.15) is 26.3 Å². The zero-order valence-electron chi connectivity index (χ0n) is 16.9. The molecule has 1 rings (SSSR count). The Morgan fingerprint density at radius 2 is 1.57 bits per heavy atom. The lowest BCUT2D eigenvalue weighted by atomic mass is 10.1. The average molecular weight is 394 g/mol. The van der Waals surface area contributed by atoms with Crippen LogP contribution >= 0.6 is 0 Å². The van der Waals surface area contributed by atoms with Gasteiger partial charge in [0.2, 0.25) is 5.75 Å². The minimum Gasteiger partial charge on any atom is -0.493 e. The van der Waals surface area contributed by atoms with Gasteiger partial charge in [0.15, 0.2) is 18.1 Å². The topological polar surface area (TPSA) is 112 Å². The molecule has 0 atom stereocenters. The highest BCUT2D eigenvalue weighted by Crippen LogP contribution is 2.38. The van der Waals surface area contributed by atoms with E-state index in [9.17, 15) is 14.4 Å². The zero-order chi connectivity index (χ0) is 21.3. The highest BCUT2D eigenvalue weighted by molar-refractivity contribution is 5.96. The van der Waals surface area contributed by atoms with E-state index in [1.165, 1.54) is 27.4 Å². The molecule has 0 aliphatic heterocycles. The Hall–Kier alpha value is -3.23. The second-order valence-electron chi connectivity index (χ2n) is 6.65. The van der Waals surface area contributed by atoms with Gasteiger partial charge >= 0.3 is 12.0 Å². The van der Waals surface area contributed by atoms with E-state index in [4.69, 9.17) is 18.9 Å². The lowest BCUT2D eigenvalue weighted by Gasteiger charge is -2.20. The number of ether oxygens (including phenoxy) is 4. The molecular formula is C19H26N2O7. The second-order valence-corrected chi connectivity index (χ2v) is 6.65. The number of esters is 1. The second kappa shape index (κ2) is 10.2. The molecule has 1 aromatic rings.